The van der Waals surface area contributed by atoms with Crippen molar-refractivity contribution in [2.75, 3.05) is 0 Å². The molecule has 1 atom stereocenters. The first-order chi connectivity index (χ1) is 8.67. The third-order valence-corrected chi connectivity index (χ3v) is 3.99. The molecule has 0 spiro atoms. The Morgan fingerprint density at radius 1 is 1.50 bits per heavy atom. The van der Waals surface area contributed by atoms with Gasteiger partial charge in [0.1, 0.15) is 0 Å². The van der Waals surface area contributed by atoms with Crippen molar-refractivity contribution in [2.24, 2.45) is 5.73 Å². The molecule has 5 heteroatoms. The molecule has 1 unspecified atom stereocenters. The van der Waals surface area contributed by atoms with Crippen LogP contribution in [-0.2, 0) is 19.4 Å². The number of nitrogens with zero attached hydrogens (tertiary/aromatic N) is 2. The van der Waals surface area contributed by atoms with E-state index in [1.165, 1.54) is 0 Å². The summed E-state index contributed by atoms with van der Waals surface area (Å²) in [7, 11) is 0. The highest BCUT2D eigenvalue weighted by Gasteiger charge is 2.17. The minimum Gasteiger partial charge on any atom is -0.472 e. The molecule has 4 nitrogen and oxygen atoms in total. The lowest BCUT2D eigenvalue weighted by Crippen LogP contribution is -2.15. The molecule has 2 heterocycles. The molecule has 18 heavy (non-hydrogen) atoms. The monoisotopic (exact) mass is 311 g/mol. The first-order valence-electron chi connectivity index (χ1n) is 6.19. The van der Waals surface area contributed by atoms with Gasteiger partial charge in [-0.25, -0.2) is 0 Å². The number of halogens is 1. The number of aryl methyl sites for hydroxylation is 2. The summed E-state index contributed by atoms with van der Waals surface area (Å²) in [5.41, 5.74) is 9.45. The molecule has 0 saturated carbocycles. The Balaban J connectivity index is 2.25. The van der Waals surface area contributed by atoms with Crippen LogP contribution in [-0.4, -0.2) is 9.78 Å². The van der Waals surface area contributed by atoms with Crippen molar-refractivity contribution in [2.45, 2.75) is 39.3 Å². The lowest BCUT2D eigenvalue weighted by atomic mass is 10.1. The maximum atomic E-state index is 6.19. The summed E-state index contributed by atoms with van der Waals surface area (Å²) in [5, 5.41) is 4.57. The van der Waals surface area contributed by atoms with Crippen molar-refractivity contribution in [1.29, 1.82) is 0 Å². The van der Waals surface area contributed by atoms with Gasteiger partial charge in [-0.2, -0.15) is 5.10 Å². The predicted molar refractivity (Wildman–Crippen MR) is 74.3 cm³/mol. The molecule has 0 aliphatic carbocycles. The molecule has 0 fully saturated rings. The molecule has 98 valence electrons. The molecule has 0 bridgehead atoms. The predicted octanol–water partition coefficient (Wildman–Crippen LogP) is 3.06. The highest BCUT2D eigenvalue weighted by Crippen LogP contribution is 2.26. The van der Waals surface area contributed by atoms with Crippen molar-refractivity contribution >= 4 is 15.9 Å². The van der Waals surface area contributed by atoms with Gasteiger partial charge >= 0.3 is 0 Å². The molecule has 0 radical (unpaired) electrons. The summed E-state index contributed by atoms with van der Waals surface area (Å²) in [6, 6.07) is 1.85. The van der Waals surface area contributed by atoms with Crippen molar-refractivity contribution in [1.82, 2.24) is 9.78 Å². The van der Waals surface area contributed by atoms with E-state index in [-0.39, 0.29) is 6.04 Å². The normalized spacial score (nSPS) is 12.9. The SMILES string of the molecule is CCc1nn(CC)c(CC(N)c2ccoc2)c1Br. The molecule has 2 rings (SSSR count). The molecule has 2 aromatic rings. The van der Waals surface area contributed by atoms with E-state index >= 15 is 0 Å². The van der Waals surface area contributed by atoms with E-state index in [0.29, 0.717) is 0 Å². The maximum absolute atomic E-state index is 6.19. The van der Waals surface area contributed by atoms with Crippen molar-refractivity contribution in [3.05, 3.63) is 40.0 Å². The minimum absolute atomic E-state index is 0.0632. The molecular weight excluding hydrogens is 294 g/mol. The van der Waals surface area contributed by atoms with Crippen molar-refractivity contribution in [3.8, 4) is 0 Å². The van der Waals surface area contributed by atoms with E-state index in [4.69, 9.17) is 10.2 Å². The fourth-order valence-electron chi connectivity index (χ4n) is 2.02. The second kappa shape index (κ2) is 5.71. The smallest absolute Gasteiger partial charge is 0.0950 e. The van der Waals surface area contributed by atoms with E-state index in [9.17, 15) is 0 Å². The van der Waals surface area contributed by atoms with Crippen LogP contribution in [0.3, 0.4) is 0 Å². The number of furan rings is 1. The Hall–Kier alpha value is -1.07. The van der Waals surface area contributed by atoms with Gasteiger partial charge in [0, 0.05) is 24.6 Å². The quantitative estimate of drug-likeness (QED) is 0.923. The summed E-state index contributed by atoms with van der Waals surface area (Å²) >= 11 is 3.63. The molecule has 0 aromatic carbocycles. The van der Waals surface area contributed by atoms with Gasteiger partial charge in [-0.15, -0.1) is 0 Å². The van der Waals surface area contributed by atoms with E-state index in [0.717, 1.165) is 40.8 Å². The van der Waals surface area contributed by atoms with Crippen LogP contribution in [0.5, 0.6) is 0 Å². The lowest BCUT2D eigenvalue weighted by molar-refractivity contribution is 0.551. The fraction of sp³-hybridized carbons (Fsp3) is 0.462. The zero-order chi connectivity index (χ0) is 13.1. The van der Waals surface area contributed by atoms with Crippen LogP contribution in [0.2, 0.25) is 0 Å². The van der Waals surface area contributed by atoms with Crippen molar-refractivity contribution < 1.29 is 4.42 Å². The van der Waals surface area contributed by atoms with E-state index in [1.807, 2.05) is 10.7 Å². The van der Waals surface area contributed by atoms with Gasteiger partial charge in [-0.05, 0) is 35.3 Å². The lowest BCUT2D eigenvalue weighted by Gasteiger charge is -2.11. The Bertz CT molecular complexity index is 505. The van der Waals surface area contributed by atoms with E-state index < -0.39 is 0 Å². The standard InChI is InChI=1S/C13H18BrN3O/c1-3-11-13(14)12(17(4-2)16-11)7-10(15)9-5-6-18-8-9/h5-6,8,10H,3-4,7,15H2,1-2H3. The topological polar surface area (TPSA) is 57.0 Å². The average molecular weight is 312 g/mol. The van der Waals surface area contributed by atoms with Gasteiger partial charge in [0.15, 0.2) is 0 Å². The van der Waals surface area contributed by atoms with Crippen LogP contribution in [0, 0.1) is 0 Å². The summed E-state index contributed by atoms with van der Waals surface area (Å²) in [5.74, 6) is 0. The molecular formula is C13H18BrN3O. The second-order valence-corrected chi connectivity index (χ2v) is 5.04. The number of hydrogen-bond donors (Lipinski definition) is 1. The minimum atomic E-state index is -0.0632. The zero-order valence-corrected chi connectivity index (χ0v) is 12.3. The van der Waals surface area contributed by atoms with Crippen LogP contribution in [0.1, 0.15) is 36.8 Å². The summed E-state index contributed by atoms with van der Waals surface area (Å²) in [6.07, 6.45) is 5.02. The number of aromatic nitrogens is 2. The molecule has 2 N–H and O–H groups in total. The summed E-state index contributed by atoms with van der Waals surface area (Å²) in [4.78, 5) is 0. The molecule has 0 saturated heterocycles. The Labute approximate surface area is 115 Å². The summed E-state index contributed by atoms with van der Waals surface area (Å²) < 4.78 is 8.18. The first kappa shape index (κ1) is 13.4. The molecule has 0 aliphatic heterocycles. The molecule has 2 aromatic heterocycles. The van der Waals surface area contributed by atoms with Gasteiger partial charge in [-0.1, -0.05) is 6.92 Å². The number of rotatable bonds is 5. The molecule has 0 amide bonds. The second-order valence-electron chi connectivity index (χ2n) is 4.24. The van der Waals surface area contributed by atoms with Crippen LogP contribution in [0.4, 0.5) is 0 Å². The Morgan fingerprint density at radius 2 is 2.28 bits per heavy atom. The van der Waals surface area contributed by atoms with E-state index in [1.54, 1.807) is 12.5 Å². The van der Waals surface area contributed by atoms with Gasteiger partial charge in [0.25, 0.3) is 0 Å². The van der Waals surface area contributed by atoms with Crippen LogP contribution >= 0.6 is 15.9 Å². The third kappa shape index (κ3) is 2.52. The zero-order valence-electron chi connectivity index (χ0n) is 10.7. The highest BCUT2D eigenvalue weighted by molar-refractivity contribution is 9.10. The van der Waals surface area contributed by atoms with Crippen molar-refractivity contribution in [3.63, 3.8) is 0 Å². The highest BCUT2D eigenvalue weighted by atomic mass is 79.9. The Morgan fingerprint density at radius 3 is 2.83 bits per heavy atom. The fourth-order valence-corrected chi connectivity index (χ4v) is 2.75. The average Bonchev–Trinajstić information content (AvgIpc) is 2.99. The van der Waals surface area contributed by atoms with Gasteiger partial charge in [-0.3, -0.25) is 4.68 Å². The summed E-state index contributed by atoms with van der Waals surface area (Å²) in [6.45, 7) is 5.05. The third-order valence-electron chi connectivity index (χ3n) is 3.08. The van der Waals surface area contributed by atoms with E-state index in [2.05, 4.69) is 34.9 Å². The number of hydrogen-bond acceptors (Lipinski definition) is 3. The largest absolute Gasteiger partial charge is 0.472 e. The van der Waals surface area contributed by atoms with Gasteiger partial charge in [0.2, 0.25) is 0 Å². The Kier molecular flexibility index (Phi) is 4.24. The first-order valence-corrected chi connectivity index (χ1v) is 6.98. The van der Waals surface area contributed by atoms with Gasteiger partial charge in [0.05, 0.1) is 28.4 Å². The van der Waals surface area contributed by atoms with Crippen LogP contribution in [0.25, 0.3) is 0 Å². The van der Waals surface area contributed by atoms with Crippen LogP contribution in [0.15, 0.2) is 27.5 Å². The number of nitrogens with two attached hydrogens (primary N) is 1. The molecule has 0 aliphatic rings. The maximum Gasteiger partial charge on any atom is 0.0950 e. The van der Waals surface area contributed by atoms with Gasteiger partial charge < -0.3 is 10.2 Å². The van der Waals surface area contributed by atoms with Crippen LogP contribution < -0.4 is 5.73 Å².